The van der Waals surface area contributed by atoms with Crippen LogP contribution in [0.4, 0.5) is 4.39 Å². The first kappa shape index (κ1) is 15.0. The number of hydrogen-bond donors (Lipinski definition) is 1. The van der Waals surface area contributed by atoms with Crippen LogP contribution in [0.1, 0.15) is 24.2 Å². The first-order valence-corrected chi connectivity index (χ1v) is 7.24. The maximum Gasteiger partial charge on any atom is 0.123 e. The molecule has 2 rings (SSSR count). The minimum atomic E-state index is -0.648. The molecule has 0 aliphatic carbocycles. The first-order valence-electron chi connectivity index (χ1n) is 6.45. The predicted octanol–water partition coefficient (Wildman–Crippen LogP) is 4.26. The van der Waals surface area contributed by atoms with E-state index in [0.29, 0.717) is 13.0 Å². The van der Waals surface area contributed by atoms with E-state index in [0.717, 1.165) is 21.3 Å². The molecule has 1 N–H and O–H groups in total. The van der Waals surface area contributed by atoms with Crippen LogP contribution in [0.2, 0.25) is 0 Å². The van der Waals surface area contributed by atoms with Crippen molar-refractivity contribution in [1.82, 2.24) is 0 Å². The van der Waals surface area contributed by atoms with Crippen molar-refractivity contribution in [3.8, 4) is 5.75 Å². The Bertz CT molecular complexity index is 569. The molecule has 2 nitrogen and oxygen atoms in total. The van der Waals surface area contributed by atoms with E-state index >= 15 is 0 Å². The van der Waals surface area contributed by atoms with Crippen LogP contribution in [-0.2, 0) is 6.42 Å². The van der Waals surface area contributed by atoms with Crippen molar-refractivity contribution >= 4 is 15.9 Å². The zero-order valence-corrected chi connectivity index (χ0v) is 12.7. The Morgan fingerprint density at radius 2 is 1.90 bits per heavy atom. The number of halogens is 2. The average Bonchev–Trinajstić information content (AvgIpc) is 2.42. The Morgan fingerprint density at radius 1 is 1.20 bits per heavy atom. The van der Waals surface area contributed by atoms with Crippen molar-refractivity contribution in [2.45, 2.75) is 19.4 Å². The summed E-state index contributed by atoms with van der Waals surface area (Å²) < 4.78 is 19.0. The van der Waals surface area contributed by atoms with Gasteiger partial charge in [-0.15, -0.1) is 0 Å². The van der Waals surface area contributed by atoms with Gasteiger partial charge in [0.15, 0.2) is 0 Å². The molecule has 1 atom stereocenters. The lowest BCUT2D eigenvalue weighted by atomic mass is 10.0. The van der Waals surface area contributed by atoms with Gasteiger partial charge in [-0.05, 0) is 42.3 Å². The molecular formula is C16H16BrFO2. The third-order valence-electron chi connectivity index (χ3n) is 2.98. The van der Waals surface area contributed by atoms with Crippen molar-refractivity contribution in [3.63, 3.8) is 0 Å². The molecule has 0 bridgehead atoms. The Labute approximate surface area is 126 Å². The maximum absolute atomic E-state index is 12.8. The van der Waals surface area contributed by atoms with Crippen molar-refractivity contribution in [2.75, 3.05) is 6.61 Å². The van der Waals surface area contributed by atoms with Gasteiger partial charge in [0.05, 0.1) is 12.7 Å². The molecule has 106 valence electrons. The van der Waals surface area contributed by atoms with E-state index in [2.05, 4.69) is 15.9 Å². The zero-order valence-electron chi connectivity index (χ0n) is 11.1. The summed E-state index contributed by atoms with van der Waals surface area (Å²) in [7, 11) is 0. The number of ether oxygens (including phenoxy) is 1. The summed E-state index contributed by atoms with van der Waals surface area (Å²) in [6.07, 6.45) is -0.210. The minimum absolute atomic E-state index is 0.273. The highest BCUT2D eigenvalue weighted by molar-refractivity contribution is 9.10. The van der Waals surface area contributed by atoms with Gasteiger partial charge in [0.1, 0.15) is 11.6 Å². The van der Waals surface area contributed by atoms with E-state index in [4.69, 9.17) is 4.74 Å². The van der Waals surface area contributed by atoms with Crippen molar-refractivity contribution in [2.24, 2.45) is 0 Å². The van der Waals surface area contributed by atoms with Gasteiger partial charge >= 0.3 is 0 Å². The third-order valence-corrected chi connectivity index (χ3v) is 3.67. The average molecular weight is 339 g/mol. The van der Waals surface area contributed by atoms with Crippen LogP contribution in [-0.4, -0.2) is 11.7 Å². The molecule has 2 aromatic rings. The van der Waals surface area contributed by atoms with Gasteiger partial charge in [-0.25, -0.2) is 4.39 Å². The van der Waals surface area contributed by atoms with Crippen molar-refractivity contribution in [1.29, 1.82) is 0 Å². The fraction of sp³-hybridized carbons (Fsp3) is 0.250. The topological polar surface area (TPSA) is 29.5 Å². The number of benzene rings is 2. The molecule has 1 unspecified atom stereocenters. The summed E-state index contributed by atoms with van der Waals surface area (Å²) in [6, 6.07) is 11.7. The summed E-state index contributed by atoms with van der Waals surface area (Å²) in [5.74, 6) is 0.489. The summed E-state index contributed by atoms with van der Waals surface area (Å²) >= 11 is 3.44. The van der Waals surface area contributed by atoms with E-state index in [1.54, 1.807) is 12.1 Å². The van der Waals surface area contributed by atoms with E-state index in [9.17, 15) is 9.50 Å². The van der Waals surface area contributed by atoms with Gasteiger partial charge in [0.2, 0.25) is 0 Å². The lowest BCUT2D eigenvalue weighted by Gasteiger charge is -2.14. The Kier molecular flexibility index (Phi) is 5.15. The highest BCUT2D eigenvalue weighted by Crippen LogP contribution is 2.29. The van der Waals surface area contributed by atoms with Crippen LogP contribution >= 0.6 is 15.9 Å². The maximum atomic E-state index is 12.8. The van der Waals surface area contributed by atoms with E-state index < -0.39 is 6.10 Å². The van der Waals surface area contributed by atoms with Gasteiger partial charge in [0.25, 0.3) is 0 Å². The van der Waals surface area contributed by atoms with Gasteiger partial charge in [-0.3, -0.25) is 0 Å². The van der Waals surface area contributed by atoms with Crippen LogP contribution in [0.15, 0.2) is 46.9 Å². The highest BCUT2D eigenvalue weighted by atomic mass is 79.9. The smallest absolute Gasteiger partial charge is 0.123 e. The largest absolute Gasteiger partial charge is 0.494 e. The molecule has 20 heavy (non-hydrogen) atoms. The SMILES string of the molecule is CCOc1ccc(C(O)Cc2ccc(F)cc2)c(Br)c1. The molecule has 0 aliphatic heterocycles. The molecule has 0 radical (unpaired) electrons. The molecule has 0 saturated heterocycles. The number of aliphatic hydroxyl groups is 1. The third kappa shape index (κ3) is 3.81. The summed E-state index contributed by atoms with van der Waals surface area (Å²) in [4.78, 5) is 0. The number of aliphatic hydroxyl groups excluding tert-OH is 1. The predicted molar refractivity (Wildman–Crippen MR) is 80.4 cm³/mol. The van der Waals surface area contributed by atoms with Gasteiger partial charge in [0, 0.05) is 10.9 Å². The summed E-state index contributed by atoms with van der Waals surface area (Å²) in [6.45, 7) is 2.52. The molecule has 0 saturated carbocycles. The molecule has 0 spiro atoms. The standard InChI is InChI=1S/C16H16BrFO2/c1-2-20-13-7-8-14(15(17)10-13)16(19)9-11-3-5-12(18)6-4-11/h3-8,10,16,19H,2,9H2,1H3. The first-order chi connectivity index (χ1) is 9.60. The lowest BCUT2D eigenvalue weighted by molar-refractivity contribution is 0.177. The zero-order chi connectivity index (χ0) is 14.5. The molecule has 0 heterocycles. The molecular weight excluding hydrogens is 323 g/mol. The summed E-state index contributed by atoms with van der Waals surface area (Å²) in [5.41, 5.74) is 1.68. The van der Waals surface area contributed by atoms with Crippen molar-refractivity contribution < 1.29 is 14.2 Å². The van der Waals surface area contributed by atoms with Crippen LogP contribution in [0, 0.1) is 5.82 Å². The fourth-order valence-corrected chi connectivity index (χ4v) is 2.61. The number of rotatable bonds is 5. The van der Waals surface area contributed by atoms with Crippen molar-refractivity contribution in [3.05, 3.63) is 63.9 Å². The molecule has 4 heteroatoms. The number of hydrogen-bond acceptors (Lipinski definition) is 2. The van der Waals surface area contributed by atoms with Gasteiger partial charge in [-0.1, -0.05) is 34.1 Å². The normalized spacial score (nSPS) is 12.2. The highest BCUT2D eigenvalue weighted by Gasteiger charge is 2.13. The second-order valence-electron chi connectivity index (χ2n) is 4.46. The second kappa shape index (κ2) is 6.86. The quantitative estimate of drug-likeness (QED) is 0.882. The Balaban J connectivity index is 2.12. The minimum Gasteiger partial charge on any atom is -0.494 e. The second-order valence-corrected chi connectivity index (χ2v) is 5.32. The van der Waals surface area contributed by atoms with Crippen LogP contribution in [0.25, 0.3) is 0 Å². The van der Waals surface area contributed by atoms with Crippen LogP contribution in [0.5, 0.6) is 5.75 Å². The fourth-order valence-electron chi connectivity index (χ4n) is 1.99. The summed E-state index contributed by atoms with van der Waals surface area (Å²) in [5, 5.41) is 10.3. The van der Waals surface area contributed by atoms with E-state index in [-0.39, 0.29) is 5.82 Å². The van der Waals surface area contributed by atoms with Gasteiger partial charge < -0.3 is 9.84 Å². The molecule has 0 aliphatic rings. The Hall–Kier alpha value is -1.39. The van der Waals surface area contributed by atoms with E-state index in [1.807, 2.05) is 25.1 Å². The molecule has 0 amide bonds. The van der Waals surface area contributed by atoms with Crippen LogP contribution in [0.3, 0.4) is 0 Å². The van der Waals surface area contributed by atoms with E-state index in [1.165, 1.54) is 12.1 Å². The van der Waals surface area contributed by atoms with Crippen LogP contribution < -0.4 is 4.74 Å². The van der Waals surface area contributed by atoms with Gasteiger partial charge in [-0.2, -0.15) is 0 Å². The molecule has 2 aromatic carbocycles. The lowest BCUT2D eigenvalue weighted by Crippen LogP contribution is -2.03. The molecule has 0 aromatic heterocycles. The monoisotopic (exact) mass is 338 g/mol. The Morgan fingerprint density at radius 3 is 2.50 bits per heavy atom. The molecule has 0 fully saturated rings.